The minimum absolute atomic E-state index is 0.0496. The smallest absolute Gasteiger partial charge is 0.338 e. The average molecular weight is 438 g/mol. The zero-order valence-corrected chi connectivity index (χ0v) is 16.9. The number of fused-ring (bicyclic) bond motifs is 1. The Morgan fingerprint density at radius 1 is 1.23 bits per heavy atom. The molecule has 0 aliphatic rings. The van der Waals surface area contributed by atoms with Crippen LogP contribution in [0.5, 0.6) is 0 Å². The largest absolute Gasteiger partial charge is 0.454 e. The number of nitro groups is 1. The summed E-state index contributed by atoms with van der Waals surface area (Å²) in [4.78, 5) is 35.8. The number of hydrogen-bond donors (Lipinski definition) is 0. The van der Waals surface area contributed by atoms with Crippen molar-refractivity contribution >= 4 is 40.2 Å². The molecule has 4 rings (SSSR count). The van der Waals surface area contributed by atoms with Crippen molar-refractivity contribution in [3.05, 3.63) is 76.3 Å². The number of Topliss-reactive ketones (excluding diaryl/α,β-unsaturated/α-hetero) is 1. The number of benzene rings is 2. The molecule has 0 spiro atoms. The van der Waals surface area contributed by atoms with Crippen molar-refractivity contribution in [3.63, 3.8) is 0 Å². The lowest BCUT2D eigenvalue weighted by Gasteiger charge is -2.06. The van der Waals surface area contributed by atoms with E-state index < -0.39 is 23.3 Å². The second kappa shape index (κ2) is 8.40. The Morgan fingerprint density at radius 2 is 2.03 bits per heavy atom. The molecule has 0 aliphatic heterocycles. The van der Waals surface area contributed by atoms with Crippen molar-refractivity contribution in [2.75, 3.05) is 6.61 Å². The molecular weight excluding hydrogens is 424 g/mol. The predicted molar refractivity (Wildman–Crippen MR) is 109 cm³/mol. The maximum absolute atomic E-state index is 12.3. The molecule has 0 saturated carbocycles. The first-order valence-electron chi connectivity index (χ1n) is 8.91. The summed E-state index contributed by atoms with van der Waals surface area (Å²) in [5.74, 6) is -1.31. The van der Waals surface area contributed by atoms with E-state index in [-0.39, 0.29) is 21.9 Å². The maximum Gasteiger partial charge on any atom is 0.338 e. The van der Waals surface area contributed by atoms with Gasteiger partial charge in [0.15, 0.2) is 17.5 Å². The van der Waals surface area contributed by atoms with Crippen LogP contribution in [0.2, 0.25) is 0 Å². The summed E-state index contributed by atoms with van der Waals surface area (Å²) >= 11 is 1.04. The van der Waals surface area contributed by atoms with Crippen molar-refractivity contribution < 1.29 is 23.7 Å². The van der Waals surface area contributed by atoms with Gasteiger partial charge < -0.3 is 13.7 Å². The molecule has 2 aromatic heterocycles. The lowest BCUT2D eigenvalue weighted by Crippen LogP contribution is -2.14. The van der Waals surface area contributed by atoms with E-state index >= 15 is 0 Å². The van der Waals surface area contributed by atoms with Gasteiger partial charge >= 0.3 is 5.97 Å². The topological polar surface area (TPSA) is 130 Å². The van der Waals surface area contributed by atoms with Gasteiger partial charge in [0.1, 0.15) is 11.9 Å². The fraction of sp³-hybridized carbons (Fsp3) is 0.100. The molecule has 0 atom stereocenters. The van der Waals surface area contributed by atoms with Crippen molar-refractivity contribution in [2.45, 2.75) is 10.1 Å². The fourth-order valence-corrected chi connectivity index (χ4v) is 3.59. The van der Waals surface area contributed by atoms with E-state index in [4.69, 9.17) is 9.15 Å². The Kier molecular flexibility index (Phi) is 5.50. The number of para-hydroxylation sites is 1. The zero-order chi connectivity index (χ0) is 22.0. The summed E-state index contributed by atoms with van der Waals surface area (Å²) in [7, 11) is 1.71. The van der Waals surface area contributed by atoms with Crippen molar-refractivity contribution in [1.29, 1.82) is 0 Å². The summed E-state index contributed by atoms with van der Waals surface area (Å²) in [6.45, 7) is -0.554. The lowest BCUT2D eigenvalue weighted by molar-refractivity contribution is -0.387. The van der Waals surface area contributed by atoms with Gasteiger partial charge in [0.25, 0.3) is 5.69 Å². The molecule has 11 heteroatoms. The molecule has 0 bridgehead atoms. The highest BCUT2D eigenvalue weighted by atomic mass is 32.2. The van der Waals surface area contributed by atoms with Crippen LogP contribution in [-0.2, 0) is 11.8 Å². The van der Waals surface area contributed by atoms with Gasteiger partial charge in [-0.2, -0.15) is 0 Å². The molecule has 0 saturated heterocycles. The van der Waals surface area contributed by atoms with Crippen LogP contribution in [0.15, 0.2) is 69.3 Å². The molecule has 2 heterocycles. The van der Waals surface area contributed by atoms with E-state index in [1.807, 2.05) is 6.07 Å². The number of nitro benzene ring substituents is 1. The second-order valence-electron chi connectivity index (χ2n) is 6.41. The van der Waals surface area contributed by atoms with E-state index in [9.17, 15) is 19.7 Å². The molecular formula is C20H14N4O6S. The molecule has 0 N–H and O–H groups in total. The Morgan fingerprint density at radius 3 is 2.74 bits per heavy atom. The van der Waals surface area contributed by atoms with Crippen LogP contribution in [0.25, 0.3) is 11.0 Å². The monoisotopic (exact) mass is 438 g/mol. The molecule has 0 aliphatic carbocycles. The third-order valence-electron chi connectivity index (χ3n) is 4.30. The number of nitrogens with zero attached hydrogens (tertiary/aromatic N) is 4. The van der Waals surface area contributed by atoms with E-state index in [1.165, 1.54) is 18.5 Å². The van der Waals surface area contributed by atoms with Crippen LogP contribution in [0.3, 0.4) is 0 Å². The quantitative estimate of drug-likeness (QED) is 0.184. The van der Waals surface area contributed by atoms with Gasteiger partial charge in [-0.3, -0.25) is 14.9 Å². The molecule has 2 aromatic carbocycles. The van der Waals surface area contributed by atoms with Gasteiger partial charge in [0.2, 0.25) is 5.78 Å². The molecule has 0 radical (unpaired) electrons. The minimum atomic E-state index is -0.859. The van der Waals surface area contributed by atoms with Gasteiger partial charge in [-0.25, -0.2) is 4.79 Å². The Balaban J connectivity index is 1.47. The van der Waals surface area contributed by atoms with Crippen LogP contribution in [0, 0.1) is 10.1 Å². The summed E-state index contributed by atoms with van der Waals surface area (Å²) in [6, 6.07) is 12.6. The first-order chi connectivity index (χ1) is 14.9. The molecule has 10 nitrogen and oxygen atoms in total. The number of hydrogen-bond acceptors (Lipinski definition) is 9. The number of furan rings is 1. The molecule has 0 amide bonds. The van der Waals surface area contributed by atoms with E-state index in [0.717, 1.165) is 23.2 Å². The Labute approximate surface area is 179 Å². The predicted octanol–water partition coefficient (Wildman–Crippen LogP) is 3.66. The normalized spacial score (nSPS) is 10.9. The number of ether oxygens (including phenoxy) is 1. The molecule has 31 heavy (non-hydrogen) atoms. The molecule has 4 aromatic rings. The zero-order valence-electron chi connectivity index (χ0n) is 16.0. The summed E-state index contributed by atoms with van der Waals surface area (Å²) in [5.41, 5.74) is 0.210. The first-order valence-corrected chi connectivity index (χ1v) is 9.73. The molecule has 156 valence electrons. The molecule has 0 unspecified atom stereocenters. The number of aromatic nitrogens is 3. The maximum atomic E-state index is 12.3. The standard InChI is InChI=1S/C20H14N4O6S/c1-23-11-21-22-20(23)31-18-7-6-13(8-14(18)24(27)28)19(26)29-10-15(25)17-9-12-4-2-3-5-16(12)30-17/h2-9,11H,10H2,1H3. The molecule has 0 fully saturated rings. The van der Waals surface area contributed by atoms with Gasteiger partial charge in [-0.1, -0.05) is 18.2 Å². The SMILES string of the molecule is Cn1cnnc1Sc1ccc(C(=O)OCC(=O)c2cc3ccccc3o2)cc1[N+](=O)[O-]. The van der Waals surface area contributed by atoms with Crippen molar-refractivity contribution in [3.8, 4) is 0 Å². The van der Waals surface area contributed by atoms with E-state index in [0.29, 0.717) is 10.7 Å². The third-order valence-corrected chi connectivity index (χ3v) is 5.41. The fourth-order valence-electron chi connectivity index (χ4n) is 2.74. The number of carbonyl (C=O) groups excluding carboxylic acids is 2. The number of esters is 1. The number of aryl methyl sites for hydroxylation is 1. The Bertz CT molecular complexity index is 1280. The van der Waals surface area contributed by atoms with Gasteiger partial charge in [-0.05, 0) is 36.0 Å². The highest BCUT2D eigenvalue weighted by Gasteiger charge is 2.22. The summed E-state index contributed by atoms with van der Waals surface area (Å²) in [5, 5.41) is 20.3. The van der Waals surface area contributed by atoms with E-state index in [2.05, 4.69) is 10.2 Å². The van der Waals surface area contributed by atoms with Gasteiger partial charge in [-0.15, -0.1) is 10.2 Å². The lowest BCUT2D eigenvalue weighted by atomic mass is 10.2. The highest BCUT2D eigenvalue weighted by Crippen LogP contribution is 2.34. The van der Waals surface area contributed by atoms with Gasteiger partial charge in [0, 0.05) is 18.5 Å². The van der Waals surface area contributed by atoms with Crippen LogP contribution < -0.4 is 0 Å². The second-order valence-corrected chi connectivity index (χ2v) is 7.42. The highest BCUT2D eigenvalue weighted by molar-refractivity contribution is 7.99. The average Bonchev–Trinajstić information content (AvgIpc) is 3.38. The number of ketones is 1. The van der Waals surface area contributed by atoms with Crippen molar-refractivity contribution in [1.82, 2.24) is 14.8 Å². The number of carbonyl (C=O) groups is 2. The number of rotatable bonds is 7. The van der Waals surface area contributed by atoms with Crippen molar-refractivity contribution in [2.24, 2.45) is 7.05 Å². The Hall–Kier alpha value is -3.99. The summed E-state index contributed by atoms with van der Waals surface area (Å²) < 4.78 is 12.1. The van der Waals surface area contributed by atoms with Crippen LogP contribution in [0.4, 0.5) is 5.69 Å². The first kappa shape index (κ1) is 20.3. The van der Waals surface area contributed by atoms with Gasteiger partial charge in [0.05, 0.1) is 15.4 Å². The van der Waals surface area contributed by atoms with Crippen LogP contribution >= 0.6 is 11.8 Å². The summed E-state index contributed by atoms with van der Waals surface area (Å²) in [6.07, 6.45) is 1.47. The third kappa shape index (κ3) is 4.31. The van der Waals surface area contributed by atoms with Crippen LogP contribution in [-0.4, -0.2) is 38.0 Å². The van der Waals surface area contributed by atoms with Crippen LogP contribution in [0.1, 0.15) is 20.9 Å². The minimum Gasteiger partial charge on any atom is -0.454 e. The van der Waals surface area contributed by atoms with E-state index in [1.54, 1.807) is 35.9 Å².